The average molecular weight is 421 g/mol. The van der Waals surface area contributed by atoms with E-state index in [0.29, 0.717) is 13.0 Å². The van der Waals surface area contributed by atoms with Gasteiger partial charge in [0.15, 0.2) is 0 Å². The van der Waals surface area contributed by atoms with Crippen molar-refractivity contribution in [2.75, 3.05) is 0 Å². The van der Waals surface area contributed by atoms with E-state index in [4.69, 9.17) is 4.98 Å². The van der Waals surface area contributed by atoms with Crippen LogP contribution in [0, 0.1) is 0 Å². The van der Waals surface area contributed by atoms with Crippen molar-refractivity contribution in [3.05, 3.63) is 99.8 Å². The minimum absolute atomic E-state index is 0.268. The Balaban J connectivity index is 1.85. The van der Waals surface area contributed by atoms with Crippen LogP contribution in [0.25, 0.3) is 11.0 Å². The number of carbonyl (C=O) groups is 1. The first-order valence-corrected chi connectivity index (χ1v) is 9.41. The van der Waals surface area contributed by atoms with Gasteiger partial charge in [-0.05, 0) is 35.4 Å². The fourth-order valence-electron chi connectivity index (χ4n) is 3.20. The largest absolute Gasteiger partial charge is 0.478 e. The van der Waals surface area contributed by atoms with Crippen molar-refractivity contribution < 1.29 is 9.90 Å². The summed E-state index contributed by atoms with van der Waals surface area (Å²) in [7, 11) is 0. The summed E-state index contributed by atoms with van der Waals surface area (Å²) >= 11 is 3.60. The Morgan fingerprint density at radius 1 is 1.00 bits per heavy atom. The van der Waals surface area contributed by atoms with Crippen molar-refractivity contribution in [1.29, 1.82) is 0 Å². The molecule has 4 nitrogen and oxygen atoms in total. The van der Waals surface area contributed by atoms with Gasteiger partial charge in [0.25, 0.3) is 0 Å². The van der Waals surface area contributed by atoms with Crippen molar-refractivity contribution in [2.24, 2.45) is 0 Å². The van der Waals surface area contributed by atoms with Crippen molar-refractivity contribution in [3.8, 4) is 0 Å². The number of nitrogens with zero attached hydrogens (tertiary/aromatic N) is 2. The number of aromatic nitrogens is 2. The number of rotatable bonds is 5. The highest BCUT2D eigenvalue weighted by molar-refractivity contribution is 9.10. The molecule has 0 aliphatic carbocycles. The van der Waals surface area contributed by atoms with Crippen LogP contribution in [0.4, 0.5) is 0 Å². The third-order valence-corrected chi connectivity index (χ3v) is 5.34. The van der Waals surface area contributed by atoms with E-state index in [1.54, 1.807) is 18.2 Å². The first kappa shape index (κ1) is 17.5. The summed E-state index contributed by atoms with van der Waals surface area (Å²) in [5.74, 6) is -0.0278. The fourth-order valence-corrected chi connectivity index (χ4v) is 3.62. The monoisotopic (exact) mass is 420 g/mol. The Labute approximate surface area is 165 Å². The molecule has 0 aliphatic heterocycles. The van der Waals surface area contributed by atoms with Gasteiger partial charge >= 0.3 is 5.97 Å². The number of hydrogen-bond acceptors (Lipinski definition) is 2. The van der Waals surface area contributed by atoms with Gasteiger partial charge in [-0.25, -0.2) is 9.78 Å². The van der Waals surface area contributed by atoms with Gasteiger partial charge in [0.2, 0.25) is 0 Å². The lowest BCUT2D eigenvalue weighted by molar-refractivity contribution is 0.0697. The highest BCUT2D eigenvalue weighted by Gasteiger charge is 2.15. The molecule has 0 spiro atoms. The lowest BCUT2D eigenvalue weighted by Crippen LogP contribution is -2.07. The minimum Gasteiger partial charge on any atom is -0.478 e. The predicted octanol–water partition coefficient (Wildman–Crippen LogP) is 5.14. The average Bonchev–Trinajstić information content (AvgIpc) is 3.01. The third kappa shape index (κ3) is 3.64. The standard InChI is InChI=1S/C22H17BrN2O2/c23-18-9-5-4-8-16(18)13-21-24-19-11-10-17(22(26)27)12-20(19)25(21)14-15-6-2-1-3-7-15/h1-12H,13-14H2,(H,26,27). The van der Waals surface area contributed by atoms with E-state index in [2.05, 4.69) is 38.7 Å². The number of fused-ring (bicyclic) bond motifs is 1. The molecule has 4 aromatic rings. The summed E-state index contributed by atoms with van der Waals surface area (Å²) in [5.41, 5.74) is 4.19. The van der Waals surface area contributed by atoms with Crippen LogP contribution in [-0.4, -0.2) is 20.6 Å². The predicted molar refractivity (Wildman–Crippen MR) is 109 cm³/mol. The molecule has 3 aromatic carbocycles. The van der Waals surface area contributed by atoms with Crippen LogP contribution in [0.3, 0.4) is 0 Å². The van der Waals surface area contributed by atoms with Crippen molar-refractivity contribution in [2.45, 2.75) is 13.0 Å². The number of halogens is 1. The topological polar surface area (TPSA) is 55.1 Å². The highest BCUT2D eigenvalue weighted by Crippen LogP contribution is 2.24. The van der Waals surface area contributed by atoms with Gasteiger partial charge in [0.05, 0.1) is 16.6 Å². The molecule has 1 N–H and O–H groups in total. The summed E-state index contributed by atoms with van der Waals surface area (Å²) in [5, 5.41) is 9.37. The Morgan fingerprint density at radius 2 is 1.74 bits per heavy atom. The molecular weight excluding hydrogens is 404 g/mol. The van der Waals surface area contributed by atoms with Gasteiger partial charge in [0, 0.05) is 17.4 Å². The van der Waals surface area contributed by atoms with Gasteiger partial charge in [0.1, 0.15) is 5.82 Å². The summed E-state index contributed by atoms with van der Waals surface area (Å²) in [4.78, 5) is 16.2. The molecule has 4 rings (SSSR count). The zero-order valence-corrected chi connectivity index (χ0v) is 16.1. The first-order chi connectivity index (χ1) is 13.1. The molecule has 5 heteroatoms. The second-order valence-corrected chi connectivity index (χ2v) is 7.23. The molecule has 0 unspecified atom stereocenters. The van der Waals surface area contributed by atoms with Crippen LogP contribution >= 0.6 is 15.9 Å². The van der Waals surface area contributed by atoms with Gasteiger partial charge in [-0.3, -0.25) is 0 Å². The van der Waals surface area contributed by atoms with E-state index in [1.165, 1.54) is 0 Å². The first-order valence-electron chi connectivity index (χ1n) is 8.61. The van der Waals surface area contributed by atoms with E-state index in [-0.39, 0.29) is 5.56 Å². The highest BCUT2D eigenvalue weighted by atomic mass is 79.9. The van der Waals surface area contributed by atoms with E-state index >= 15 is 0 Å². The van der Waals surface area contributed by atoms with E-state index < -0.39 is 5.97 Å². The normalized spacial score (nSPS) is 11.0. The van der Waals surface area contributed by atoms with Gasteiger partial charge < -0.3 is 9.67 Å². The lowest BCUT2D eigenvalue weighted by Gasteiger charge is -2.11. The maximum Gasteiger partial charge on any atom is 0.335 e. The van der Waals surface area contributed by atoms with Crippen LogP contribution < -0.4 is 0 Å². The second-order valence-electron chi connectivity index (χ2n) is 6.38. The maximum atomic E-state index is 11.4. The number of benzene rings is 3. The summed E-state index contributed by atoms with van der Waals surface area (Å²) in [6.07, 6.45) is 0.658. The fraction of sp³-hybridized carbons (Fsp3) is 0.0909. The Morgan fingerprint density at radius 3 is 2.48 bits per heavy atom. The van der Waals surface area contributed by atoms with Gasteiger partial charge in [-0.1, -0.05) is 64.5 Å². The Kier molecular flexibility index (Phi) is 4.77. The molecule has 0 fully saturated rings. The molecule has 0 aliphatic rings. The van der Waals surface area contributed by atoms with Crippen molar-refractivity contribution in [3.63, 3.8) is 0 Å². The van der Waals surface area contributed by atoms with E-state index in [0.717, 1.165) is 32.5 Å². The van der Waals surface area contributed by atoms with Crippen LogP contribution in [0.2, 0.25) is 0 Å². The summed E-state index contributed by atoms with van der Waals surface area (Å²) in [6.45, 7) is 0.639. The number of carboxylic acid groups (broad SMARTS) is 1. The number of aromatic carboxylic acids is 1. The number of carboxylic acids is 1. The number of imidazole rings is 1. The second kappa shape index (κ2) is 7.37. The quantitative estimate of drug-likeness (QED) is 0.486. The SMILES string of the molecule is O=C(O)c1ccc2nc(Cc3ccccc3Br)n(Cc3ccccc3)c2c1. The molecule has 0 atom stereocenters. The summed E-state index contributed by atoms with van der Waals surface area (Å²) < 4.78 is 3.14. The van der Waals surface area contributed by atoms with Crippen LogP contribution in [0.5, 0.6) is 0 Å². The van der Waals surface area contributed by atoms with E-state index in [1.807, 2.05) is 36.4 Å². The molecule has 0 radical (unpaired) electrons. The molecule has 0 saturated carbocycles. The maximum absolute atomic E-state index is 11.4. The van der Waals surface area contributed by atoms with Crippen LogP contribution in [-0.2, 0) is 13.0 Å². The van der Waals surface area contributed by atoms with Crippen LogP contribution in [0.1, 0.15) is 27.3 Å². The zero-order chi connectivity index (χ0) is 18.8. The van der Waals surface area contributed by atoms with E-state index in [9.17, 15) is 9.90 Å². The Bertz CT molecular complexity index is 1120. The molecule has 27 heavy (non-hydrogen) atoms. The molecule has 134 valence electrons. The lowest BCUT2D eigenvalue weighted by atomic mass is 10.1. The molecule has 0 amide bonds. The van der Waals surface area contributed by atoms with Gasteiger partial charge in [-0.2, -0.15) is 0 Å². The molecule has 0 saturated heterocycles. The zero-order valence-electron chi connectivity index (χ0n) is 14.5. The Hall–Kier alpha value is -2.92. The number of hydrogen-bond donors (Lipinski definition) is 1. The van der Waals surface area contributed by atoms with Crippen LogP contribution in [0.15, 0.2) is 77.3 Å². The smallest absolute Gasteiger partial charge is 0.335 e. The molecular formula is C22H17BrN2O2. The molecule has 1 heterocycles. The van der Waals surface area contributed by atoms with Crippen molar-refractivity contribution >= 4 is 32.9 Å². The molecule has 1 aromatic heterocycles. The van der Waals surface area contributed by atoms with Crippen molar-refractivity contribution in [1.82, 2.24) is 9.55 Å². The summed E-state index contributed by atoms with van der Waals surface area (Å²) in [6, 6.07) is 23.3. The molecule has 0 bridgehead atoms. The minimum atomic E-state index is -0.934. The third-order valence-electron chi connectivity index (χ3n) is 4.56. The van der Waals surface area contributed by atoms with Gasteiger partial charge in [-0.15, -0.1) is 0 Å².